The van der Waals surface area contributed by atoms with Crippen molar-refractivity contribution < 1.29 is 169 Å². The van der Waals surface area contributed by atoms with Gasteiger partial charge in [0.1, 0.15) is 159 Å². The van der Waals surface area contributed by atoms with Gasteiger partial charge in [-0.2, -0.15) is 0 Å². The molecule has 0 aromatic rings. The van der Waals surface area contributed by atoms with Crippen molar-refractivity contribution in [3.8, 4) is 0 Å². The average molecular weight is 1210 g/mol. The number of carbonyl (C=O) groups is 2. The van der Waals surface area contributed by atoms with E-state index in [1.54, 1.807) is 0 Å². The summed E-state index contributed by atoms with van der Waals surface area (Å²) in [6, 6.07) is -3.47. The molecule has 6 fully saturated rings. The van der Waals surface area contributed by atoms with E-state index >= 15 is 0 Å². The molecule has 34 atom stereocenters. The van der Waals surface area contributed by atoms with Crippen molar-refractivity contribution in [1.82, 2.24) is 10.6 Å². The molecule has 0 spiro atoms. The van der Waals surface area contributed by atoms with Gasteiger partial charge in [-0.1, -0.05) is 0 Å². The molecule has 6 saturated heterocycles. The van der Waals surface area contributed by atoms with Gasteiger partial charge in [-0.05, 0) is 13.8 Å². The predicted molar refractivity (Wildman–Crippen MR) is 254 cm³/mol. The molecule has 82 heavy (non-hydrogen) atoms. The van der Waals surface area contributed by atoms with Crippen LogP contribution < -0.4 is 10.6 Å². The Hall–Kier alpha value is -2.34. The normalized spacial score (nSPS) is 47.2. The largest absolute Gasteiger partial charge is 0.394 e. The van der Waals surface area contributed by atoms with Crippen LogP contribution in [0.1, 0.15) is 27.7 Å². The summed E-state index contributed by atoms with van der Waals surface area (Å²) in [5.74, 6) is -1.69. The van der Waals surface area contributed by atoms with E-state index in [0.29, 0.717) is 0 Å². The zero-order chi connectivity index (χ0) is 60.9. The van der Waals surface area contributed by atoms with Gasteiger partial charge in [0, 0.05) is 13.8 Å². The molecule has 6 rings (SSSR count). The smallest absolute Gasteiger partial charge is 0.217 e. The fourth-order valence-corrected chi connectivity index (χ4v) is 10.2. The summed E-state index contributed by atoms with van der Waals surface area (Å²) < 4.78 is 69.3. The second kappa shape index (κ2) is 30.0. The van der Waals surface area contributed by atoms with E-state index in [1.807, 2.05) is 0 Å². The van der Waals surface area contributed by atoms with Gasteiger partial charge < -0.3 is 170 Å². The first-order chi connectivity index (χ1) is 38.6. The molecule has 6 aliphatic heterocycles. The van der Waals surface area contributed by atoms with Crippen LogP contribution in [-0.2, 0) is 66.4 Å². The zero-order valence-corrected chi connectivity index (χ0v) is 44.5. The maximum Gasteiger partial charge on any atom is 0.217 e. The molecule has 478 valence electrons. The molecule has 36 nitrogen and oxygen atoms in total. The third-order valence-corrected chi connectivity index (χ3v) is 14.9. The Balaban J connectivity index is 1.24. The summed E-state index contributed by atoms with van der Waals surface area (Å²) in [5, 5.41) is 220. The van der Waals surface area contributed by atoms with Crippen LogP contribution in [0.2, 0.25) is 0 Å². The number of hydrogen-bond donors (Lipinski definition) is 22. The number of rotatable bonds is 23. The number of amides is 2. The van der Waals surface area contributed by atoms with Crippen LogP contribution in [0.15, 0.2) is 0 Å². The first-order valence-corrected chi connectivity index (χ1v) is 26.3. The Morgan fingerprint density at radius 3 is 1.15 bits per heavy atom. The Morgan fingerprint density at radius 2 is 0.768 bits per heavy atom. The predicted octanol–water partition coefficient (Wildman–Crippen LogP) is -14.3. The molecule has 22 N–H and O–H groups in total. The number of ether oxygens (including phenoxy) is 12. The van der Waals surface area contributed by atoms with Gasteiger partial charge in [-0.25, -0.2) is 0 Å². The van der Waals surface area contributed by atoms with Crippen molar-refractivity contribution >= 4 is 11.8 Å². The fraction of sp³-hybridized carbons (Fsp3) is 0.957. The molecular weight excluding hydrogens is 1120 g/mol. The summed E-state index contributed by atoms with van der Waals surface area (Å²) in [6.07, 6.45) is -61.3. The molecule has 0 radical (unpaired) electrons. The molecule has 36 heteroatoms. The Morgan fingerprint density at radius 1 is 0.415 bits per heavy atom. The molecule has 2 amide bonds. The SMILES string of the molecule is CC(=O)N[C@H]1[C@H](O[C@@H]2[C@@H](OC[C@@H](O)[C@@H](O)[C@H](O[C@H]3O[C@H](CO)[C@@H](O)[C@H](O)[C@@H]3O[C@@H]3O[C@H](CO)[C@@H](O)[C@H](O[C@@H]4O[C@@H](C)[C@@H](O)[C@@H](O)[C@@H]4O)[C@H]3NC(C)=O)[C@H](O)CO)O[C@H](CO)[C@@H](O)[C@@H]2O)O[C@H](CO)[C@@H](O)[C@@H]1O[C@@H]1O[C@@H](C)[C@@H](O)[C@@H](O)[C@@H]1O. The van der Waals surface area contributed by atoms with Gasteiger partial charge in [-0.3, -0.25) is 9.59 Å². The van der Waals surface area contributed by atoms with E-state index in [2.05, 4.69) is 10.6 Å². The molecule has 6 heterocycles. The number of aliphatic hydroxyl groups excluding tert-OH is 20. The van der Waals surface area contributed by atoms with Crippen LogP contribution in [0.25, 0.3) is 0 Å². The zero-order valence-electron chi connectivity index (χ0n) is 44.5. The van der Waals surface area contributed by atoms with Gasteiger partial charge in [-0.15, -0.1) is 0 Å². The second-order valence-electron chi connectivity index (χ2n) is 20.8. The number of carbonyl (C=O) groups excluding carboxylic acids is 2. The van der Waals surface area contributed by atoms with E-state index in [0.717, 1.165) is 13.8 Å². The van der Waals surface area contributed by atoms with E-state index in [9.17, 15) is 112 Å². The first-order valence-electron chi connectivity index (χ1n) is 26.3. The Kier molecular flexibility index (Phi) is 25.2. The molecule has 0 unspecified atom stereocenters. The third-order valence-electron chi connectivity index (χ3n) is 14.9. The monoisotopic (exact) mass is 1200 g/mol. The highest BCUT2D eigenvalue weighted by atomic mass is 16.8. The lowest BCUT2D eigenvalue weighted by Gasteiger charge is -2.50. The van der Waals surface area contributed by atoms with Crippen LogP contribution in [0.3, 0.4) is 0 Å². The van der Waals surface area contributed by atoms with Crippen LogP contribution in [0, 0.1) is 0 Å². The summed E-state index contributed by atoms with van der Waals surface area (Å²) >= 11 is 0. The summed E-state index contributed by atoms with van der Waals surface area (Å²) in [5.41, 5.74) is 0. The molecule has 0 aromatic carbocycles. The second-order valence-corrected chi connectivity index (χ2v) is 20.8. The van der Waals surface area contributed by atoms with Crippen molar-refractivity contribution in [2.75, 3.05) is 39.6 Å². The summed E-state index contributed by atoms with van der Waals surface area (Å²) in [6.45, 7) is -1.85. The molecule has 0 aromatic heterocycles. The third kappa shape index (κ3) is 15.3. The number of aliphatic hydroxyl groups is 20. The number of hydrogen-bond acceptors (Lipinski definition) is 34. The maximum atomic E-state index is 12.7. The highest BCUT2D eigenvalue weighted by Gasteiger charge is 2.57. The molecule has 0 bridgehead atoms. The first kappa shape index (κ1) is 68.8. The van der Waals surface area contributed by atoms with Gasteiger partial charge in [0.25, 0.3) is 0 Å². The van der Waals surface area contributed by atoms with Crippen molar-refractivity contribution in [2.24, 2.45) is 0 Å². The van der Waals surface area contributed by atoms with Crippen molar-refractivity contribution in [2.45, 2.75) is 236 Å². The topological polar surface area (TPSA) is 574 Å². The minimum atomic E-state index is -2.46. The lowest BCUT2D eigenvalue weighted by molar-refractivity contribution is -0.379. The van der Waals surface area contributed by atoms with E-state index in [1.165, 1.54) is 13.8 Å². The lowest BCUT2D eigenvalue weighted by atomic mass is 9.94. The van der Waals surface area contributed by atoms with E-state index in [-0.39, 0.29) is 0 Å². The van der Waals surface area contributed by atoms with Crippen molar-refractivity contribution in [1.29, 1.82) is 0 Å². The average Bonchev–Trinajstić information content (AvgIpc) is 3.65. The van der Waals surface area contributed by atoms with Crippen molar-refractivity contribution in [3.05, 3.63) is 0 Å². The standard InChI is InChI=1S/C46H80N2O34/c1-11-23(58)30(65)34(69)43(72-11)79-37-21(47-13(3)54)41(74-19(8-52)28(37)63)81-39-32(67)26(61)17(6-50)76-45(39)71-10-16(57)25(60)36(15(56)5-49)78-46-40(33(68)27(62)18(7-51)77-46)82-42-22(48-14(4)55)38(29(64)20(9-53)75-42)80-44-35(70)31(66)24(59)12(2)73-44/h11-12,15-46,49-53,56-70H,5-10H2,1-4H3,(H,47,54)(H,48,55)/t11-,12-,15+,16+,17+,18+,19+,20+,21+,22+,23+,24+,25+,26+,27+,28+,29+,30+,31+,32-,33-,34-,35-,36+,37+,38+,39-,40-,41-,42-,43-,44-,45-,46+/m0/s1. The lowest BCUT2D eigenvalue weighted by Crippen LogP contribution is -2.70. The fourth-order valence-electron chi connectivity index (χ4n) is 10.2. The highest BCUT2D eigenvalue weighted by Crippen LogP contribution is 2.36. The molecular formula is C46H80N2O34. The maximum absolute atomic E-state index is 12.7. The van der Waals surface area contributed by atoms with E-state index in [4.69, 9.17) is 56.8 Å². The number of nitrogens with one attached hydrogen (secondary N) is 2. The Bertz CT molecular complexity index is 1980. The summed E-state index contributed by atoms with van der Waals surface area (Å²) in [7, 11) is 0. The van der Waals surface area contributed by atoms with Gasteiger partial charge in [0.15, 0.2) is 37.7 Å². The van der Waals surface area contributed by atoms with Crippen LogP contribution >= 0.6 is 0 Å². The van der Waals surface area contributed by atoms with Crippen LogP contribution in [-0.4, -0.2) is 362 Å². The minimum absolute atomic E-state index is 0.836. The Labute approximate surface area is 466 Å². The minimum Gasteiger partial charge on any atom is -0.394 e. The van der Waals surface area contributed by atoms with Crippen LogP contribution in [0.4, 0.5) is 0 Å². The molecule has 0 aliphatic carbocycles. The van der Waals surface area contributed by atoms with Gasteiger partial charge in [0.05, 0.1) is 51.8 Å². The van der Waals surface area contributed by atoms with Gasteiger partial charge in [0.2, 0.25) is 11.8 Å². The molecule has 0 saturated carbocycles. The van der Waals surface area contributed by atoms with Crippen LogP contribution in [0.5, 0.6) is 0 Å². The highest BCUT2D eigenvalue weighted by molar-refractivity contribution is 5.73. The van der Waals surface area contributed by atoms with Gasteiger partial charge >= 0.3 is 0 Å². The summed E-state index contributed by atoms with van der Waals surface area (Å²) in [4.78, 5) is 25.3. The molecule has 6 aliphatic rings. The van der Waals surface area contributed by atoms with Crippen molar-refractivity contribution in [3.63, 3.8) is 0 Å². The quantitative estimate of drug-likeness (QED) is 0.0452. The van der Waals surface area contributed by atoms with E-state index < -0.39 is 260 Å².